The zero-order valence-electron chi connectivity index (χ0n) is 9.33. The van der Waals surface area contributed by atoms with Crippen molar-refractivity contribution in [1.29, 1.82) is 0 Å². The first-order valence-corrected chi connectivity index (χ1v) is 5.00. The van der Waals surface area contributed by atoms with Gasteiger partial charge in [-0.05, 0) is 25.0 Å². The Morgan fingerprint density at radius 3 is 2.27 bits per heavy atom. The van der Waals surface area contributed by atoms with E-state index in [1.165, 1.54) is 0 Å². The van der Waals surface area contributed by atoms with Crippen LogP contribution in [0.3, 0.4) is 0 Å². The molecule has 0 spiro atoms. The molecule has 0 aromatic heterocycles. The van der Waals surface area contributed by atoms with Crippen LogP contribution in [0.25, 0.3) is 6.08 Å². The van der Waals surface area contributed by atoms with Crippen molar-refractivity contribution in [3.63, 3.8) is 0 Å². The van der Waals surface area contributed by atoms with Crippen LogP contribution in [-0.4, -0.2) is 5.79 Å². The van der Waals surface area contributed by atoms with Crippen LogP contribution in [0.1, 0.15) is 31.0 Å². The van der Waals surface area contributed by atoms with E-state index in [-0.39, 0.29) is 6.04 Å². The molecule has 1 atom stereocenters. The van der Waals surface area contributed by atoms with Gasteiger partial charge in [0.2, 0.25) is 0 Å². The number of hydrogen-bond donors (Lipinski definition) is 3. The van der Waals surface area contributed by atoms with Crippen LogP contribution in [0, 0.1) is 0 Å². The predicted molar refractivity (Wildman–Crippen MR) is 64.9 cm³/mol. The van der Waals surface area contributed by atoms with Gasteiger partial charge in [0.05, 0.1) is 0 Å². The van der Waals surface area contributed by atoms with Crippen molar-refractivity contribution >= 4 is 6.08 Å². The molecule has 0 amide bonds. The minimum atomic E-state index is -0.851. The van der Waals surface area contributed by atoms with Gasteiger partial charge < -0.3 is 11.5 Å². The molecule has 0 aliphatic carbocycles. The predicted octanol–water partition coefficient (Wildman–Crippen LogP) is 1.57. The van der Waals surface area contributed by atoms with Crippen LogP contribution in [0.2, 0.25) is 0 Å². The smallest absolute Gasteiger partial charge is 0.115 e. The summed E-state index contributed by atoms with van der Waals surface area (Å²) in [7, 11) is 0. The molecule has 1 unspecified atom stereocenters. The molecule has 5 N–H and O–H groups in total. The number of nitrogens with one attached hydrogen (secondary N) is 1. The molecule has 15 heavy (non-hydrogen) atoms. The van der Waals surface area contributed by atoms with Gasteiger partial charge in [0.15, 0.2) is 0 Å². The molecule has 0 saturated carbocycles. The lowest BCUT2D eigenvalue weighted by Crippen LogP contribution is -2.59. The molecular formula is C12H19N3. The zero-order valence-corrected chi connectivity index (χ0v) is 9.33. The third kappa shape index (κ3) is 3.83. The van der Waals surface area contributed by atoms with E-state index in [0.29, 0.717) is 0 Å². The quantitative estimate of drug-likeness (QED) is 0.654. The van der Waals surface area contributed by atoms with Gasteiger partial charge in [-0.15, -0.1) is 0 Å². The molecule has 3 nitrogen and oxygen atoms in total. The molecule has 0 radical (unpaired) electrons. The van der Waals surface area contributed by atoms with E-state index in [0.717, 1.165) is 11.1 Å². The van der Waals surface area contributed by atoms with Gasteiger partial charge >= 0.3 is 0 Å². The molecule has 0 aliphatic rings. The largest absolute Gasteiger partial charge is 0.301 e. The maximum Gasteiger partial charge on any atom is 0.115 e. The summed E-state index contributed by atoms with van der Waals surface area (Å²) in [5.74, 6) is -0.851. The summed E-state index contributed by atoms with van der Waals surface area (Å²) in [6, 6.07) is 8.25. The van der Waals surface area contributed by atoms with Crippen LogP contribution in [-0.2, 0) is 0 Å². The van der Waals surface area contributed by atoms with Crippen molar-refractivity contribution in [2.45, 2.75) is 25.7 Å². The number of hydrogen-bond acceptors (Lipinski definition) is 3. The minimum Gasteiger partial charge on any atom is -0.301 e. The maximum absolute atomic E-state index is 5.68. The highest BCUT2D eigenvalue weighted by Gasteiger charge is 2.15. The fraction of sp³-hybridized carbons (Fsp3) is 0.333. The first-order chi connectivity index (χ1) is 6.92. The second-order valence-electron chi connectivity index (χ2n) is 4.02. The third-order valence-corrected chi connectivity index (χ3v) is 2.20. The lowest BCUT2D eigenvalue weighted by Gasteiger charge is -2.26. The lowest BCUT2D eigenvalue weighted by molar-refractivity contribution is 0.341. The topological polar surface area (TPSA) is 64.1 Å². The van der Waals surface area contributed by atoms with E-state index in [1.54, 1.807) is 6.92 Å². The molecule has 1 rings (SSSR count). The molecule has 0 aliphatic heterocycles. The minimum absolute atomic E-state index is 0.129. The molecular weight excluding hydrogens is 186 g/mol. The SMILES string of the molecule is C=Cc1ccc(C(C)NC(C)(N)N)cc1. The summed E-state index contributed by atoms with van der Waals surface area (Å²) in [5, 5.41) is 3.10. The summed E-state index contributed by atoms with van der Waals surface area (Å²) >= 11 is 0. The lowest BCUT2D eigenvalue weighted by atomic mass is 10.1. The Morgan fingerprint density at radius 1 is 1.33 bits per heavy atom. The molecule has 1 aromatic rings. The number of rotatable bonds is 4. The van der Waals surface area contributed by atoms with Gasteiger partial charge in [-0.25, -0.2) is 0 Å². The Morgan fingerprint density at radius 2 is 1.87 bits per heavy atom. The van der Waals surface area contributed by atoms with Gasteiger partial charge in [-0.3, -0.25) is 5.32 Å². The summed E-state index contributed by atoms with van der Waals surface area (Å²) in [6.07, 6.45) is 1.82. The fourth-order valence-electron chi connectivity index (χ4n) is 1.47. The van der Waals surface area contributed by atoms with Crippen molar-refractivity contribution in [2.24, 2.45) is 11.5 Å². The van der Waals surface area contributed by atoms with Gasteiger partial charge in [0, 0.05) is 6.04 Å². The maximum atomic E-state index is 5.68. The fourth-order valence-corrected chi connectivity index (χ4v) is 1.47. The Balaban J connectivity index is 2.74. The summed E-state index contributed by atoms with van der Waals surface area (Å²) in [5.41, 5.74) is 13.6. The van der Waals surface area contributed by atoms with Crippen molar-refractivity contribution in [1.82, 2.24) is 5.32 Å². The number of nitrogens with two attached hydrogens (primary N) is 2. The van der Waals surface area contributed by atoms with Crippen molar-refractivity contribution in [3.8, 4) is 0 Å². The average molecular weight is 205 g/mol. The van der Waals surface area contributed by atoms with E-state index >= 15 is 0 Å². The van der Waals surface area contributed by atoms with E-state index in [4.69, 9.17) is 11.5 Å². The Bertz CT molecular complexity index is 322. The van der Waals surface area contributed by atoms with Gasteiger partial charge in [-0.2, -0.15) is 0 Å². The first-order valence-electron chi connectivity index (χ1n) is 5.00. The normalized spacial score (nSPS) is 13.6. The Labute approximate surface area is 91.2 Å². The standard InChI is InChI=1S/C12H19N3/c1-4-10-5-7-11(8-6-10)9(2)15-12(3,13)14/h4-9,15H,1,13-14H2,2-3H3. The molecule has 1 aromatic carbocycles. The average Bonchev–Trinajstić information content (AvgIpc) is 2.15. The van der Waals surface area contributed by atoms with E-state index in [1.807, 2.05) is 37.3 Å². The highest BCUT2D eigenvalue weighted by molar-refractivity contribution is 5.47. The summed E-state index contributed by atoms with van der Waals surface area (Å²) in [6.45, 7) is 7.48. The molecule has 0 fully saturated rings. The number of benzene rings is 1. The highest BCUT2D eigenvalue weighted by atomic mass is 15.2. The Kier molecular flexibility index (Phi) is 3.63. The van der Waals surface area contributed by atoms with Crippen molar-refractivity contribution in [3.05, 3.63) is 42.0 Å². The van der Waals surface area contributed by atoms with Crippen LogP contribution in [0.15, 0.2) is 30.8 Å². The molecule has 0 bridgehead atoms. The van der Waals surface area contributed by atoms with Gasteiger partial charge in [0.25, 0.3) is 0 Å². The molecule has 0 saturated heterocycles. The van der Waals surface area contributed by atoms with Crippen LogP contribution in [0.4, 0.5) is 0 Å². The monoisotopic (exact) mass is 205 g/mol. The third-order valence-electron chi connectivity index (χ3n) is 2.20. The second kappa shape index (κ2) is 4.57. The molecule has 82 valence electrons. The van der Waals surface area contributed by atoms with Crippen molar-refractivity contribution < 1.29 is 0 Å². The van der Waals surface area contributed by atoms with Crippen molar-refractivity contribution in [2.75, 3.05) is 0 Å². The van der Waals surface area contributed by atoms with Gasteiger partial charge in [-0.1, -0.05) is 36.9 Å². The van der Waals surface area contributed by atoms with Gasteiger partial charge in [0.1, 0.15) is 5.79 Å². The van der Waals surface area contributed by atoms with Crippen LogP contribution in [0.5, 0.6) is 0 Å². The van der Waals surface area contributed by atoms with E-state index in [2.05, 4.69) is 11.9 Å². The van der Waals surface area contributed by atoms with E-state index in [9.17, 15) is 0 Å². The van der Waals surface area contributed by atoms with E-state index < -0.39 is 5.79 Å². The summed E-state index contributed by atoms with van der Waals surface area (Å²) < 4.78 is 0. The molecule has 0 heterocycles. The van der Waals surface area contributed by atoms with Crippen LogP contribution < -0.4 is 16.8 Å². The molecule has 3 heteroatoms. The Hall–Kier alpha value is -1.16. The first kappa shape index (κ1) is 11.9. The van der Waals surface area contributed by atoms with Crippen LogP contribution >= 0.6 is 0 Å². The zero-order chi connectivity index (χ0) is 11.5. The second-order valence-corrected chi connectivity index (χ2v) is 4.02. The highest BCUT2D eigenvalue weighted by Crippen LogP contribution is 2.14. The summed E-state index contributed by atoms with van der Waals surface area (Å²) in [4.78, 5) is 0.